The third kappa shape index (κ3) is 2.86. The number of ether oxygens (including phenoxy) is 3. The maximum Gasteiger partial charge on any atom is 0.202 e. The Kier molecular flexibility index (Phi) is 5.52. The van der Waals surface area contributed by atoms with Gasteiger partial charge in [-0.15, -0.1) is 0 Å². The number of hydrogen-bond acceptors (Lipinski definition) is 3. The van der Waals surface area contributed by atoms with E-state index in [2.05, 4.69) is 6.58 Å². The van der Waals surface area contributed by atoms with Crippen LogP contribution in [-0.4, -0.2) is 21.3 Å². The molecule has 0 aliphatic heterocycles. The Morgan fingerprint density at radius 2 is 1.69 bits per heavy atom. The number of methoxy groups -OCH3 is 3. The van der Waals surface area contributed by atoms with Crippen molar-refractivity contribution in [2.75, 3.05) is 21.3 Å². The highest BCUT2D eigenvalue weighted by atomic mass is 16.5. The van der Waals surface area contributed by atoms with E-state index in [0.717, 1.165) is 0 Å². The summed E-state index contributed by atoms with van der Waals surface area (Å²) in [6, 6.07) is 0. The molecule has 0 aromatic carbocycles. The van der Waals surface area contributed by atoms with Gasteiger partial charge in [-0.2, -0.15) is 0 Å². The first-order valence-corrected chi connectivity index (χ1v) is 3.90. The highest BCUT2D eigenvalue weighted by molar-refractivity contribution is 5.28. The molecular formula is C10H16O3. The number of hydrogen-bond donors (Lipinski definition) is 0. The van der Waals surface area contributed by atoms with Gasteiger partial charge in [0.25, 0.3) is 0 Å². The second-order valence-corrected chi connectivity index (χ2v) is 2.16. The van der Waals surface area contributed by atoms with Crippen LogP contribution in [0.4, 0.5) is 0 Å². The van der Waals surface area contributed by atoms with Gasteiger partial charge < -0.3 is 14.2 Å². The van der Waals surface area contributed by atoms with Crippen LogP contribution in [0.2, 0.25) is 0 Å². The minimum atomic E-state index is 0.544. The Balaban J connectivity index is 5.05. The van der Waals surface area contributed by atoms with E-state index in [-0.39, 0.29) is 0 Å². The Morgan fingerprint density at radius 1 is 1.08 bits per heavy atom. The lowest BCUT2D eigenvalue weighted by molar-refractivity contribution is 0.191. The molecule has 0 spiro atoms. The van der Waals surface area contributed by atoms with Crippen molar-refractivity contribution in [2.24, 2.45) is 0 Å². The van der Waals surface area contributed by atoms with Crippen molar-refractivity contribution in [2.45, 2.75) is 6.92 Å². The lowest BCUT2D eigenvalue weighted by Gasteiger charge is -2.12. The molecule has 0 saturated heterocycles. The maximum absolute atomic E-state index is 5.13. The minimum absolute atomic E-state index is 0.544. The molecule has 3 nitrogen and oxygen atoms in total. The molecule has 13 heavy (non-hydrogen) atoms. The van der Waals surface area contributed by atoms with Crippen LogP contribution in [0.15, 0.2) is 36.0 Å². The maximum atomic E-state index is 5.13. The first kappa shape index (κ1) is 11.6. The van der Waals surface area contributed by atoms with E-state index in [1.54, 1.807) is 33.5 Å². The highest BCUT2D eigenvalue weighted by Gasteiger charge is 2.10. The van der Waals surface area contributed by atoms with E-state index in [1.165, 1.54) is 0 Å². The summed E-state index contributed by atoms with van der Waals surface area (Å²) >= 11 is 0. The fourth-order valence-electron chi connectivity index (χ4n) is 0.933. The van der Waals surface area contributed by atoms with Crippen molar-refractivity contribution in [3.63, 3.8) is 0 Å². The molecule has 0 heterocycles. The fourth-order valence-corrected chi connectivity index (χ4v) is 0.933. The van der Waals surface area contributed by atoms with Crippen molar-refractivity contribution < 1.29 is 14.2 Å². The van der Waals surface area contributed by atoms with Crippen LogP contribution in [0.25, 0.3) is 0 Å². The molecule has 0 amide bonds. The van der Waals surface area contributed by atoms with Crippen molar-refractivity contribution in [3.8, 4) is 0 Å². The second-order valence-electron chi connectivity index (χ2n) is 2.16. The van der Waals surface area contributed by atoms with Crippen molar-refractivity contribution in [3.05, 3.63) is 36.0 Å². The zero-order valence-corrected chi connectivity index (χ0v) is 8.59. The summed E-state index contributed by atoms with van der Waals surface area (Å²) in [5.74, 6) is 1.72. The smallest absolute Gasteiger partial charge is 0.202 e. The summed E-state index contributed by atoms with van der Waals surface area (Å²) in [6.45, 7) is 5.46. The van der Waals surface area contributed by atoms with Crippen LogP contribution >= 0.6 is 0 Å². The molecule has 0 saturated carbocycles. The number of allylic oxidation sites excluding steroid dienone is 2. The average Bonchev–Trinajstić information content (AvgIpc) is 2.18. The molecule has 0 unspecified atom stereocenters. The summed E-state index contributed by atoms with van der Waals surface area (Å²) < 4.78 is 15.3. The Labute approximate surface area is 79.3 Å². The van der Waals surface area contributed by atoms with Crippen LogP contribution in [-0.2, 0) is 14.2 Å². The minimum Gasteiger partial charge on any atom is -0.493 e. The van der Waals surface area contributed by atoms with E-state index >= 15 is 0 Å². The van der Waals surface area contributed by atoms with E-state index in [0.29, 0.717) is 17.3 Å². The molecule has 0 atom stereocenters. The highest BCUT2D eigenvalue weighted by Crippen LogP contribution is 2.17. The lowest BCUT2D eigenvalue weighted by atomic mass is 10.3. The van der Waals surface area contributed by atoms with E-state index < -0.39 is 0 Å². The third-order valence-electron chi connectivity index (χ3n) is 1.54. The molecule has 0 aromatic rings. The van der Waals surface area contributed by atoms with Crippen LogP contribution < -0.4 is 0 Å². The molecule has 0 radical (unpaired) electrons. The Morgan fingerprint density at radius 3 is 1.92 bits per heavy atom. The standard InChI is InChI=1S/C10H16O3/c1-6-8(11-3)10(13-5)9(7-2)12-4/h6-7H,1H2,2-5H3. The monoisotopic (exact) mass is 184 g/mol. The molecule has 0 aliphatic rings. The molecular weight excluding hydrogens is 168 g/mol. The van der Waals surface area contributed by atoms with Gasteiger partial charge in [0.15, 0.2) is 11.5 Å². The summed E-state index contributed by atoms with van der Waals surface area (Å²) in [5, 5.41) is 0. The van der Waals surface area contributed by atoms with Gasteiger partial charge in [-0.1, -0.05) is 6.58 Å². The average molecular weight is 184 g/mol. The summed E-state index contributed by atoms with van der Waals surface area (Å²) in [7, 11) is 4.68. The summed E-state index contributed by atoms with van der Waals surface area (Å²) in [5.41, 5.74) is 0. The van der Waals surface area contributed by atoms with Gasteiger partial charge in [-0.3, -0.25) is 0 Å². The predicted molar refractivity (Wildman–Crippen MR) is 52.0 cm³/mol. The molecule has 0 rings (SSSR count). The molecule has 0 bridgehead atoms. The van der Waals surface area contributed by atoms with Crippen molar-refractivity contribution in [1.82, 2.24) is 0 Å². The zero-order valence-electron chi connectivity index (χ0n) is 8.59. The lowest BCUT2D eigenvalue weighted by Crippen LogP contribution is -2.00. The molecule has 0 aliphatic carbocycles. The van der Waals surface area contributed by atoms with E-state index in [1.807, 2.05) is 6.92 Å². The summed E-state index contributed by atoms with van der Waals surface area (Å²) in [4.78, 5) is 0. The molecule has 0 aromatic heterocycles. The van der Waals surface area contributed by atoms with Gasteiger partial charge in [0.05, 0.1) is 21.3 Å². The van der Waals surface area contributed by atoms with Gasteiger partial charge in [-0.25, -0.2) is 0 Å². The summed E-state index contributed by atoms with van der Waals surface area (Å²) in [6.07, 6.45) is 3.36. The Hall–Kier alpha value is -1.38. The SMILES string of the molecule is C=CC(OC)=C(OC)C(=CC)OC. The van der Waals surface area contributed by atoms with Crippen LogP contribution in [0.5, 0.6) is 0 Å². The quantitative estimate of drug-likeness (QED) is 0.484. The van der Waals surface area contributed by atoms with Crippen LogP contribution in [0.3, 0.4) is 0 Å². The van der Waals surface area contributed by atoms with Gasteiger partial charge in [0.1, 0.15) is 0 Å². The van der Waals surface area contributed by atoms with E-state index in [9.17, 15) is 0 Å². The topological polar surface area (TPSA) is 27.7 Å². The zero-order chi connectivity index (χ0) is 10.3. The second kappa shape index (κ2) is 6.17. The first-order valence-electron chi connectivity index (χ1n) is 3.90. The molecule has 74 valence electrons. The van der Waals surface area contributed by atoms with Gasteiger partial charge in [0, 0.05) is 0 Å². The predicted octanol–water partition coefficient (Wildman–Crippen LogP) is 2.23. The van der Waals surface area contributed by atoms with Gasteiger partial charge in [0.2, 0.25) is 5.76 Å². The van der Waals surface area contributed by atoms with Crippen molar-refractivity contribution >= 4 is 0 Å². The van der Waals surface area contributed by atoms with Crippen LogP contribution in [0.1, 0.15) is 6.92 Å². The number of rotatable bonds is 5. The first-order chi connectivity index (χ1) is 6.24. The largest absolute Gasteiger partial charge is 0.493 e. The molecule has 0 N–H and O–H groups in total. The molecule has 0 fully saturated rings. The normalized spacial score (nSPS) is 13.1. The Bertz CT molecular complexity index is 226. The van der Waals surface area contributed by atoms with E-state index in [4.69, 9.17) is 14.2 Å². The van der Waals surface area contributed by atoms with Gasteiger partial charge >= 0.3 is 0 Å². The third-order valence-corrected chi connectivity index (χ3v) is 1.54. The van der Waals surface area contributed by atoms with Crippen LogP contribution in [0, 0.1) is 0 Å². The fraction of sp³-hybridized carbons (Fsp3) is 0.400. The van der Waals surface area contributed by atoms with Gasteiger partial charge in [-0.05, 0) is 19.1 Å². The van der Waals surface area contributed by atoms with Crippen molar-refractivity contribution in [1.29, 1.82) is 0 Å². The molecule has 3 heteroatoms.